The molecule has 1 saturated heterocycles. The van der Waals surface area contributed by atoms with Crippen LogP contribution in [0, 0.1) is 17.3 Å². The zero-order valence-corrected chi connectivity index (χ0v) is 14.4. The van der Waals surface area contributed by atoms with Gasteiger partial charge in [-0.25, -0.2) is 0 Å². The van der Waals surface area contributed by atoms with E-state index in [-0.39, 0.29) is 0 Å². The second-order valence-electron chi connectivity index (χ2n) is 8.72. The Morgan fingerprint density at radius 3 is 2.35 bits per heavy atom. The minimum atomic E-state index is 0.383. The first kappa shape index (κ1) is 16.3. The van der Waals surface area contributed by atoms with Crippen molar-refractivity contribution in [3.8, 4) is 0 Å². The van der Waals surface area contributed by atoms with Crippen molar-refractivity contribution in [2.75, 3.05) is 19.6 Å². The highest BCUT2D eigenvalue weighted by Gasteiger charge is 2.36. The molecule has 1 aliphatic carbocycles. The molecule has 1 saturated carbocycles. The maximum Gasteiger partial charge on any atom is 0.0269 e. The molecular formula is C18H36N2. The van der Waals surface area contributed by atoms with Gasteiger partial charge in [-0.1, -0.05) is 47.5 Å². The second-order valence-corrected chi connectivity index (χ2v) is 8.72. The van der Waals surface area contributed by atoms with Crippen LogP contribution in [0.15, 0.2) is 0 Å². The van der Waals surface area contributed by atoms with Gasteiger partial charge in [0.15, 0.2) is 0 Å². The summed E-state index contributed by atoms with van der Waals surface area (Å²) < 4.78 is 0. The number of nitrogens with one attached hydrogen (secondary N) is 1. The summed E-state index contributed by atoms with van der Waals surface area (Å²) in [5.74, 6) is 1.77. The van der Waals surface area contributed by atoms with Gasteiger partial charge in [0.2, 0.25) is 0 Å². The third-order valence-electron chi connectivity index (χ3n) is 5.22. The van der Waals surface area contributed by atoms with E-state index in [0.29, 0.717) is 17.5 Å². The zero-order valence-electron chi connectivity index (χ0n) is 14.4. The van der Waals surface area contributed by atoms with E-state index in [4.69, 9.17) is 0 Å². The minimum absolute atomic E-state index is 0.383. The molecule has 20 heavy (non-hydrogen) atoms. The highest BCUT2D eigenvalue weighted by molar-refractivity contribution is 4.93. The van der Waals surface area contributed by atoms with Gasteiger partial charge in [0.05, 0.1) is 0 Å². The lowest BCUT2D eigenvalue weighted by atomic mass is 9.82. The van der Waals surface area contributed by atoms with Crippen molar-refractivity contribution in [2.24, 2.45) is 17.3 Å². The van der Waals surface area contributed by atoms with Crippen LogP contribution in [0.3, 0.4) is 0 Å². The Balaban J connectivity index is 1.98. The SMILES string of the molecule is CC(C)CC1CN(CC2CCCC2)C(C(C)(C)C)CN1. The van der Waals surface area contributed by atoms with Crippen molar-refractivity contribution in [1.82, 2.24) is 10.2 Å². The molecule has 2 atom stereocenters. The van der Waals surface area contributed by atoms with E-state index in [1.807, 2.05) is 0 Å². The molecule has 2 heteroatoms. The van der Waals surface area contributed by atoms with E-state index < -0.39 is 0 Å². The van der Waals surface area contributed by atoms with Gasteiger partial charge in [0, 0.05) is 31.7 Å². The third kappa shape index (κ3) is 4.46. The van der Waals surface area contributed by atoms with Gasteiger partial charge in [-0.2, -0.15) is 0 Å². The molecule has 0 amide bonds. The van der Waals surface area contributed by atoms with E-state index in [1.165, 1.54) is 51.7 Å². The highest BCUT2D eigenvalue weighted by Crippen LogP contribution is 2.31. The van der Waals surface area contributed by atoms with Gasteiger partial charge in [0.1, 0.15) is 0 Å². The van der Waals surface area contributed by atoms with E-state index in [0.717, 1.165) is 11.8 Å². The number of piperazine rings is 1. The van der Waals surface area contributed by atoms with Crippen LogP contribution in [-0.2, 0) is 0 Å². The summed E-state index contributed by atoms with van der Waals surface area (Å²) in [7, 11) is 0. The molecule has 1 aliphatic heterocycles. The molecule has 118 valence electrons. The fraction of sp³-hybridized carbons (Fsp3) is 1.00. The highest BCUT2D eigenvalue weighted by atomic mass is 15.2. The molecule has 1 N–H and O–H groups in total. The molecule has 0 spiro atoms. The average Bonchev–Trinajstić information content (AvgIpc) is 2.79. The third-order valence-corrected chi connectivity index (χ3v) is 5.22. The molecule has 2 unspecified atom stereocenters. The smallest absolute Gasteiger partial charge is 0.0269 e. The van der Waals surface area contributed by atoms with Crippen LogP contribution in [0.2, 0.25) is 0 Å². The minimum Gasteiger partial charge on any atom is -0.311 e. The van der Waals surface area contributed by atoms with Gasteiger partial charge < -0.3 is 5.32 Å². The van der Waals surface area contributed by atoms with Crippen molar-refractivity contribution < 1.29 is 0 Å². The Kier molecular flexibility index (Phi) is 5.53. The summed E-state index contributed by atoms with van der Waals surface area (Å²) in [6.45, 7) is 15.7. The molecule has 0 radical (unpaired) electrons. The molecule has 0 bridgehead atoms. The van der Waals surface area contributed by atoms with Gasteiger partial charge in [-0.3, -0.25) is 4.90 Å². The Labute approximate surface area is 126 Å². The Morgan fingerprint density at radius 2 is 1.80 bits per heavy atom. The molecule has 0 aromatic carbocycles. The maximum absolute atomic E-state index is 3.82. The number of hydrogen-bond donors (Lipinski definition) is 1. The molecule has 2 rings (SSSR count). The van der Waals surface area contributed by atoms with Crippen LogP contribution in [-0.4, -0.2) is 36.6 Å². The largest absolute Gasteiger partial charge is 0.311 e. The van der Waals surface area contributed by atoms with Crippen LogP contribution in [0.4, 0.5) is 0 Å². The summed E-state index contributed by atoms with van der Waals surface area (Å²) in [6.07, 6.45) is 7.18. The quantitative estimate of drug-likeness (QED) is 0.840. The first-order valence-electron chi connectivity index (χ1n) is 8.83. The van der Waals surface area contributed by atoms with E-state index in [1.54, 1.807) is 0 Å². The lowest BCUT2D eigenvalue weighted by Crippen LogP contribution is -2.61. The van der Waals surface area contributed by atoms with Gasteiger partial charge in [0.25, 0.3) is 0 Å². The molecule has 2 aliphatic rings. The monoisotopic (exact) mass is 280 g/mol. The molecule has 1 heterocycles. The van der Waals surface area contributed by atoms with Crippen molar-refractivity contribution in [3.05, 3.63) is 0 Å². The predicted molar refractivity (Wildman–Crippen MR) is 88.0 cm³/mol. The standard InChI is InChI=1S/C18H36N2/c1-14(2)10-16-13-20(12-15-8-6-7-9-15)17(11-19-16)18(3,4)5/h14-17,19H,6-13H2,1-5H3. The maximum atomic E-state index is 3.82. The summed E-state index contributed by atoms with van der Waals surface area (Å²) in [5, 5.41) is 3.82. The Morgan fingerprint density at radius 1 is 1.15 bits per heavy atom. The summed E-state index contributed by atoms with van der Waals surface area (Å²) in [6, 6.07) is 1.40. The number of nitrogens with zero attached hydrogens (tertiary/aromatic N) is 1. The second kappa shape index (κ2) is 6.79. The van der Waals surface area contributed by atoms with Crippen molar-refractivity contribution in [1.29, 1.82) is 0 Å². The number of hydrogen-bond acceptors (Lipinski definition) is 2. The summed E-state index contributed by atoms with van der Waals surface area (Å²) >= 11 is 0. The van der Waals surface area contributed by atoms with E-state index in [2.05, 4.69) is 44.8 Å². The fourth-order valence-electron chi connectivity index (χ4n) is 4.19. The molecule has 0 aromatic heterocycles. The van der Waals surface area contributed by atoms with Crippen molar-refractivity contribution >= 4 is 0 Å². The molecule has 2 fully saturated rings. The van der Waals surface area contributed by atoms with Crippen molar-refractivity contribution in [3.63, 3.8) is 0 Å². The molecule has 0 aromatic rings. The normalized spacial score (nSPS) is 30.3. The molecule has 2 nitrogen and oxygen atoms in total. The van der Waals surface area contributed by atoms with Crippen LogP contribution in [0.1, 0.15) is 66.7 Å². The van der Waals surface area contributed by atoms with Crippen LogP contribution < -0.4 is 5.32 Å². The average molecular weight is 280 g/mol. The number of rotatable bonds is 4. The van der Waals surface area contributed by atoms with Crippen molar-refractivity contribution in [2.45, 2.75) is 78.8 Å². The Hall–Kier alpha value is -0.0800. The van der Waals surface area contributed by atoms with Gasteiger partial charge in [-0.05, 0) is 36.5 Å². The van der Waals surface area contributed by atoms with Crippen LogP contribution >= 0.6 is 0 Å². The van der Waals surface area contributed by atoms with E-state index >= 15 is 0 Å². The lowest BCUT2D eigenvalue weighted by Gasteiger charge is -2.47. The first-order valence-corrected chi connectivity index (χ1v) is 8.83. The summed E-state index contributed by atoms with van der Waals surface area (Å²) in [4.78, 5) is 2.83. The zero-order chi connectivity index (χ0) is 14.8. The summed E-state index contributed by atoms with van der Waals surface area (Å²) in [5.41, 5.74) is 0.383. The lowest BCUT2D eigenvalue weighted by molar-refractivity contribution is 0.0396. The van der Waals surface area contributed by atoms with Crippen LogP contribution in [0.5, 0.6) is 0 Å². The van der Waals surface area contributed by atoms with E-state index in [9.17, 15) is 0 Å². The van der Waals surface area contributed by atoms with Gasteiger partial charge in [-0.15, -0.1) is 0 Å². The predicted octanol–water partition coefficient (Wildman–Crippen LogP) is 3.91. The fourth-order valence-corrected chi connectivity index (χ4v) is 4.19. The Bertz CT molecular complexity index is 286. The topological polar surface area (TPSA) is 15.3 Å². The van der Waals surface area contributed by atoms with Crippen LogP contribution in [0.25, 0.3) is 0 Å². The molecular weight excluding hydrogens is 244 g/mol. The first-order chi connectivity index (χ1) is 9.36. The van der Waals surface area contributed by atoms with Gasteiger partial charge >= 0.3 is 0 Å².